The Hall–Kier alpha value is -1.96. The number of halogens is 2. The Morgan fingerprint density at radius 3 is 2.65 bits per heavy atom. The number of aromatic amines is 1. The maximum atomic E-state index is 14.5. The van der Waals surface area contributed by atoms with E-state index in [1.807, 2.05) is 0 Å². The summed E-state index contributed by atoms with van der Waals surface area (Å²) in [6.45, 7) is 2.77. The van der Waals surface area contributed by atoms with Gasteiger partial charge in [-0.1, -0.05) is 11.6 Å². The Balaban J connectivity index is 1.95. The van der Waals surface area contributed by atoms with Gasteiger partial charge in [-0.3, -0.25) is 0 Å². The van der Waals surface area contributed by atoms with E-state index in [2.05, 4.69) is 9.97 Å². The molecule has 0 spiro atoms. The molecule has 4 rings (SSSR count). The summed E-state index contributed by atoms with van der Waals surface area (Å²) in [5.41, 5.74) is 2.37. The fourth-order valence-electron chi connectivity index (χ4n) is 3.51. The second-order valence-corrected chi connectivity index (χ2v) is 8.74. The van der Waals surface area contributed by atoms with Gasteiger partial charge in [0, 0.05) is 24.7 Å². The number of nitrogens with zero attached hydrogens (tertiary/aromatic N) is 2. The minimum Gasteiger partial charge on any atom is -0.342 e. The van der Waals surface area contributed by atoms with Crippen molar-refractivity contribution in [2.45, 2.75) is 24.8 Å². The summed E-state index contributed by atoms with van der Waals surface area (Å²) in [4.78, 5) is 6.75. The Labute approximate surface area is 155 Å². The number of aromatic nitrogens is 2. The lowest BCUT2D eigenvalue weighted by Crippen LogP contribution is -2.28. The van der Waals surface area contributed by atoms with E-state index in [4.69, 9.17) is 11.6 Å². The van der Waals surface area contributed by atoms with Crippen LogP contribution in [-0.2, 0) is 10.0 Å². The van der Waals surface area contributed by atoms with Gasteiger partial charge in [-0.15, -0.1) is 0 Å². The number of sulfonamides is 1. The van der Waals surface area contributed by atoms with Gasteiger partial charge in [0.1, 0.15) is 16.0 Å². The van der Waals surface area contributed by atoms with Crippen LogP contribution in [0, 0.1) is 12.7 Å². The van der Waals surface area contributed by atoms with Crippen LogP contribution in [0.5, 0.6) is 0 Å². The van der Waals surface area contributed by atoms with Crippen molar-refractivity contribution in [1.29, 1.82) is 0 Å². The van der Waals surface area contributed by atoms with Crippen LogP contribution in [0.15, 0.2) is 35.5 Å². The molecule has 1 aliphatic heterocycles. The first kappa shape index (κ1) is 17.5. The fourth-order valence-corrected chi connectivity index (χ4v) is 5.20. The van der Waals surface area contributed by atoms with Gasteiger partial charge >= 0.3 is 0 Å². The van der Waals surface area contributed by atoms with Crippen LogP contribution in [0.25, 0.3) is 22.0 Å². The summed E-state index contributed by atoms with van der Waals surface area (Å²) >= 11 is 6.00. The summed E-state index contributed by atoms with van der Waals surface area (Å²) in [7, 11) is -3.66. The zero-order valence-corrected chi connectivity index (χ0v) is 15.7. The molecule has 0 bridgehead atoms. The average molecular weight is 394 g/mol. The molecule has 3 aromatic rings. The van der Waals surface area contributed by atoms with Gasteiger partial charge in [0.05, 0.1) is 5.52 Å². The van der Waals surface area contributed by atoms with Crippen molar-refractivity contribution in [3.05, 3.63) is 47.0 Å². The first-order chi connectivity index (χ1) is 12.4. The number of H-pyrrole nitrogens is 1. The molecule has 1 saturated heterocycles. The van der Waals surface area contributed by atoms with Crippen molar-refractivity contribution in [3.63, 3.8) is 0 Å². The first-order valence-electron chi connectivity index (χ1n) is 8.32. The van der Waals surface area contributed by atoms with Crippen molar-refractivity contribution < 1.29 is 12.8 Å². The van der Waals surface area contributed by atoms with Crippen LogP contribution >= 0.6 is 11.6 Å². The normalized spacial score (nSPS) is 15.8. The molecular weight excluding hydrogens is 377 g/mol. The van der Waals surface area contributed by atoms with Crippen molar-refractivity contribution >= 4 is 32.5 Å². The molecule has 0 unspecified atom stereocenters. The summed E-state index contributed by atoms with van der Waals surface area (Å²) in [5, 5.41) is 0.850. The third-order valence-corrected chi connectivity index (χ3v) is 6.76. The summed E-state index contributed by atoms with van der Waals surface area (Å²) < 4.78 is 41.6. The van der Waals surface area contributed by atoms with Crippen LogP contribution in [0.1, 0.15) is 18.4 Å². The average Bonchev–Trinajstić information content (AvgIpc) is 3.25. The number of rotatable bonds is 3. The van der Waals surface area contributed by atoms with Crippen molar-refractivity contribution in [2.24, 2.45) is 0 Å². The highest BCUT2D eigenvalue weighted by molar-refractivity contribution is 7.89. The molecule has 1 N–H and O–H groups in total. The highest BCUT2D eigenvalue weighted by Gasteiger charge is 2.29. The summed E-state index contributed by atoms with van der Waals surface area (Å²) in [6, 6.07) is 6.37. The molecule has 1 aliphatic rings. The number of fused-ring (bicyclic) bond motifs is 1. The van der Waals surface area contributed by atoms with Crippen LogP contribution in [-0.4, -0.2) is 35.8 Å². The monoisotopic (exact) mass is 393 g/mol. The third-order valence-electron chi connectivity index (χ3n) is 4.74. The highest BCUT2D eigenvalue weighted by atomic mass is 35.5. The topological polar surface area (TPSA) is 66.1 Å². The van der Waals surface area contributed by atoms with E-state index in [0.29, 0.717) is 29.2 Å². The number of benzene rings is 1. The standard InChI is InChI=1S/C18H17ClFN3O2S/c1-11-8-14(20)18-13(17(11)12-4-5-21-15(19)9-12)10-16(22-18)26(24,25)23-6-2-3-7-23/h4-5,8-10,22H,2-3,6-7H2,1H3. The van der Waals surface area contributed by atoms with E-state index in [0.717, 1.165) is 24.0 Å². The number of pyridine rings is 1. The van der Waals surface area contributed by atoms with Gasteiger partial charge < -0.3 is 4.98 Å². The molecule has 0 radical (unpaired) electrons. The predicted octanol–water partition coefficient (Wildman–Crippen LogP) is 4.12. The second-order valence-electron chi connectivity index (χ2n) is 6.45. The maximum Gasteiger partial charge on any atom is 0.258 e. The molecule has 0 atom stereocenters. The number of hydrogen-bond acceptors (Lipinski definition) is 3. The zero-order chi connectivity index (χ0) is 18.5. The van der Waals surface area contributed by atoms with E-state index in [9.17, 15) is 12.8 Å². The number of hydrogen-bond donors (Lipinski definition) is 1. The zero-order valence-electron chi connectivity index (χ0n) is 14.1. The van der Waals surface area contributed by atoms with Crippen LogP contribution < -0.4 is 0 Å². The van der Waals surface area contributed by atoms with Crippen LogP contribution in [0.3, 0.4) is 0 Å². The van der Waals surface area contributed by atoms with E-state index in [1.54, 1.807) is 25.3 Å². The molecule has 5 nitrogen and oxygen atoms in total. The minimum absolute atomic E-state index is 0.0142. The highest BCUT2D eigenvalue weighted by Crippen LogP contribution is 2.36. The lowest BCUT2D eigenvalue weighted by Gasteiger charge is -2.13. The summed E-state index contributed by atoms with van der Waals surface area (Å²) in [6.07, 6.45) is 3.25. The van der Waals surface area contributed by atoms with Crippen molar-refractivity contribution in [1.82, 2.24) is 14.3 Å². The molecule has 1 fully saturated rings. The molecular formula is C18H17ClFN3O2S. The molecule has 0 aliphatic carbocycles. The predicted molar refractivity (Wildman–Crippen MR) is 99.2 cm³/mol. The number of nitrogens with one attached hydrogen (secondary N) is 1. The molecule has 26 heavy (non-hydrogen) atoms. The second kappa shape index (κ2) is 6.33. The molecule has 0 amide bonds. The van der Waals surface area contributed by atoms with Gasteiger partial charge in [0.25, 0.3) is 10.0 Å². The SMILES string of the molecule is Cc1cc(F)c2[nH]c(S(=O)(=O)N3CCCC3)cc2c1-c1ccnc(Cl)c1. The Morgan fingerprint density at radius 2 is 1.96 bits per heavy atom. The molecule has 3 heterocycles. The van der Waals surface area contributed by atoms with Gasteiger partial charge in [-0.25, -0.2) is 17.8 Å². The molecule has 8 heteroatoms. The Morgan fingerprint density at radius 1 is 1.23 bits per heavy atom. The van der Waals surface area contributed by atoms with E-state index < -0.39 is 15.8 Å². The van der Waals surface area contributed by atoms with Gasteiger partial charge in [0.15, 0.2) is 0 Å². The molecule has 0 saturated carbocycles. The lowest BCUT2D eigenvalue weighted by molar-refractivity contribution is 0.475. The maximum absolute atomic E-state index is 14.5. The Bertz CT molecular complexity index is 1110. The Kier molecular flexibility index (Phi) is 4.25. The van der Waals surface area contributed by atoms with Crippen molar-refractivity contribution in [3.8, 4) is 11.1 Å². The largest absolute Gasteiger partial charge is 0.342 e. The smallest absolute Gasteiger partial charge is 0.258 e. The first-order valence-corrected chi connectivity index (χ1v) is 10.1. The quantitative estimate of drug-likeness (QED) is 0.681. The van der Waals surface area contributed by atoms with Gasteiger partial charge in [-0.2, -0.15) is 4.31 Å². The molecule has 136 valence electrons. The lowest BCUT2D eigenvalue weighted by atomic mass is 9.97. The minimum atomic E-state index is -3.66. The van der Waals surface area contributed by atoms with Crippen molar-refractivity contribution in [2.75, 3.05) is 13.1 Å². The van der Waals surface area contributed by atoms with Gasteiger partial charge in [0.2, 0.25) is 0 Å². The summed E-state index contributed by atoms with van der Waals surface area (Å²) in [5.74, 6) is -0.482. The number of aryl methyl sites for hydroxylation is 1. The third kappa shape index (κ3) is 2.80. The van der Waals surface area contributed by atoms with E-state index in [1.165, 1.54) is 16.4 Å². The van der Waals surface area contributed by atoms with Gasteiger partial charge in [-0.05, 0) is 60.7 Å². The molecule has 2 aromatic heterocycles. The van der Waals surface area contributed by atoms with Crippen LogP contribution in [0.2, 0.25) is 5.15 Å². The van der Waals surface area contributed by atoms with E-state index >= 15 is 0 Å². The fraction of sp³-hybridized carbons (Fsp3) is 0.278. The van der Waals surface area contributed by atoms with Crippen LogP contribution in [0.4, 0.5) is 4.39 Å². The van der Waals surface area contributed by atoms with E-state index in [-0.39, 0.29) is 10.5 Å². The molecule has 1 aromatic carbocycles.